The largest absolute Gasteiger partial charge is 0.507 e. The molecule has 2 N–H and O–H groups in total. The number of anilines is 1. The molecular weight excluding hydrogens is 327 g/mol. The molecule has 7 heteroatoms. The number of phenols is 1. The normalized spacial score (nSPS) is 13.2. The van der Waals surface area contributed by atoms with Crippen LogP contribution in [-0.2, 0) is 9.19 Å². The minimum Gasteiger partial charge on any atom is -0.507 e. The minimum atomic E-state index is -3.65. The van der Waals surface area contributed by atoms with Crippen molar-refractivity contribution in [3.63, 3.8) is 0 Å². The zero-order chi connectivity index (χ0) is 17.9. The smallest absolute Gasteiger partial charge is 0.424 e. The monoisotopic (exact) mass is 348 g/mol. The molecule has 0 aliphatic heterocycles. The molecule has 0 bridgehead atoms. The SMILES string of the molecule is C=CP(=O)(ONc1nccc(C)c1C)Oc1cc(C)c(O)c(C)c1. The van der Waals surface area contributed by atoms with Gasteiger partial charge in [-0.25, -0.2) is 15.0 Å². The number of hydrogen-bond acceptors (Lipinski definition) is 6. The Hall–Kier alpha value is -2.30. The van der Waals surface area contributed by atoms with E-state index in [1.54, 1.807) is 32.2 Å². The van der Waals surface area contributed by atoms with E-state index in [-0.39, 0.29) is 5.75 Å². The molecule has 0 saturated heterocycles. The van der Waals surface area contributed by atoms with Crippen LogP contribution in [0, 0.1) is 27.7 Å². The molecule has 0 fully saturated rings. The standard InChI is InChI=1S/C17H21N2O4P/c1-6-24(21,22-15-9-12(3)16(20)13(4)10-15)23-19-17-14(5)11(2)7-8-18-17/h6-10,20H,1H2,2-5H3,(H,18,19). The van der Waals surface area contributed by atoms with Gasteiger partial charge in [0.15, 0.2) is 5.82 Å². The fourth-order valence-corrected chi connectivity index (χ4v) is 2.85. The lowest BCUT2D eigenvalue weighted by Crippen LogP contribution is -2.06. The molecule has 0 spiro atoms. The van der Waals surface area contributed by atoms with Crippen LogP contribution in [-0.4, -0.2) is 10.1 Å². The summed E-state index contributed by atoms with van der Waals surface area (Å²) in [6.07, 6.45) is 1.63. The Morgan fingerprint density at radius 2 is 1.83 bits per heavy atom. The van der Waals surface area contributed by atoms with Crippen LogP contribution in [0.25, 0.3) is 0 Å². The molecule has 0 aliphatic rings. The fraction of sp³-hybridized carbons (Fsp3) is 0.235. The quantitative estimate of drug-likeness (QED) is 0.578. The first-order valence-electron chi connectivity index (χ1n) is 7.35. The molecule has 1 unspecified atom stereocenters. The lowest BCUT2D eigenvalue weighted by atomic mass is 10.1. The summed E-state index contributed by atoms with van der Waals surface area (Å²) in [6.45, 7) is 10.8. The molecule has 1 heterocycles. The first kappa shape index (κ1) is 18.0. The Labute approximate surface area is 141 Å². The van der Waals surface area contributed by atoms with E-state index in [1.165, 1.54) is 0 Å². The van der Waals surface area contributed by atoms with Crippen LogP contribution in [0.3, 0.4) is 0 Å². The van der Waals surface area contributed by atoms with Crippen molar-refractivity contribution < 1.29 is 18.8 Å². The number of pyridine rings is 1. The van der Waals surface area contributed by atoms with Gasteiger partial charge in [-0.2, -0.15) is 4.62 Å². The average Bonchev–Trinajstić information content (AvgIpc) is 2.54. The van der Waals surface area contributed by atoms with Crippen molar-refractivity contribution in [2.24, 2.45) is 0 Å². The number of hydrogen-bond donors (Lipinski definition) is 2. The summed E-state index contributed by atoms with van der Waals surface area (Å²) in [5, 5.41) is 9.80. The van der Waals surface area contributed by atoms with Crippen LogP contribution >= 0.6 is 7.60 Å². The highest BCUT2D eigenvalue weighted by molar-refractivity contribution is 7.57. The zero-order valence-corrected chi connectivity index (χ0v) is 15.1. The number of benzene rings is 1. The average molecular weight is 348 g/mol. The van der Waals surface area contributed by atoms with Crippen molar-refractivity contribution in [1.29, 1.82) is 0 Å². The van der Waals surface area contributed by atoms with Gasteiger partial charge in [0.05, 0.1) is 0 Å². The lowest BCUT2D eigenvalue weighted by molar-refractivity contribution is 0.326. The molecule has 128 valence electrons. The van der Waals surface area contributed by atoms with Crippen LogP contribution in [0.5, 0.6) is 11.5 Å². The highest BCUT2D eigenvalue weighted by Gasteiger charge is 2.24. The highest BCUT2D eigenvalue weighted by atomic mass is 31.2. The summed E-state index contributed by atoms with van der Waals surface area (Å²) < 4.78 is 23.4. The molecule has 0 amide bonds. The first-order chi connectivity index (χ1) is 11.3. The second kappa shape index (κ2) is 7.07. The van der Waals surface area contributed by atoms with Crippen molar-refractivity contribution in [3.05, 3.63) is 59.0 Å². The third-order valence-corrected chi connectivity index (χ3v) is 4.92. The van der Waals surface area contributed by atoms with Crippen molar-refractivity contribution in [1.82, 2.24) is 4.98 Å². The molecule has 1 aromatic carbocycles. The lowest BCUT2D eigenvalue weighted by Gasteiger charge is -2.18. The second-order valence-electron chi connectivity index (χ2n) is 5.51. The predicted molar refractivity (Wildman–Crippen MR) is 94.4 cm³/mol. The van der Waals surface area contributed by atoms with Gasteiger partial charge < -0.3 is 9.63 Å². The van der Waals surface area contributed by atoms with Crippen molar-refractivity contribution in [2.45, 2.75) is 27.7 Å². The summed E-state index contributed by atoms with van der Waals surface area (Å²) in [4.78, 5) is 4.14. The molecule has 6 nitrogen and oxygen atoms in total. The number of aromatic nitrogens is 1. The number of rotatable bonds is 6. The van der Waals surface area contributed by atoms with Crippen molar-refractivity contribution in [2.75, 3.05) is 5.48 Å². The van der Waals surface area contributed by atoms with Gasteiger partial charge in [-0.1, -0.05) is 6.58 Å². The van der Waals surface area contributed by atoms with E-state index in [2.05, 4.69) is 17.0 Å². The highest BCUT2D eigenvalue weighted by Crippen LogP contribution is 2.50. The maximum Gasteiger partial charge on any atom is 0.424 e. The number of aromatic hydroxyl groups is 1. The Morgan fingerprint density at radius 3 is 2.42 bits per heavy atom. The Kier molecular flexibility index (Phi) is 5.32. The van der Waals surface area contributed by atoms with E-state index in [4.69, 9.17) is 9.15 Å². The van der Waals surface area contributed by atoms with Crippen molar-refractivity contribution in [3.8, 4) is 11.5 Å². The molecule has 2 rings (SSSR count). The predicted octanol–water partition coefficient (Wildman–Crippen LogP) is 4.78. The van der Waals surface area contributed by atoms with Gasteiger partial charge in [-0.05, 0) is 68.1 Å². The summed E-state index contributed by atoms with van der Waals surface area (Å²) in [5.41, 5.74) is 5.72. The van der Waals surface area contributed by atoms with Crippen LogP contribution in [0.4, 0.5) is 5.82 Å². The number of aryl methyl sites for hydroxylation is 3. The minimum absolute atomic E-state index is 0.175. The molecule has 0 saturated carbocycles. The van der Waals surface area contributed by atoms with Crippen LogP contribution < -0.4 is 10.0 Å². The third kappa shape index (κ3) is 3.96. The zero-order valence-electron chi connectivity index (χ0n) is 14.2. The van der Waals surface area contributed by atoms with Gasteiger partial charge in [0.2, 0.25) is 0 Å². The van der Waals surface area contributed by atoms with Crippen LogP contribution in [0.15, 0.2) is 36.8 Å². The van der Waals surface area contributed by atoms with Crippen molar-refractivity contribution >= 4 is 13.4 Å². The van der Waals surface area contributed by atoms with Crippen LogP contribution in [0.2, 0.25) is 0 Å². The molecule has 2 aromatic rings. The summed E-state index contributed by atoms with van der Waals surface area (Å²) in [7, 11) is -3.65. The molecule has 1 aromatic heterocycles. The fourth-order valence-electron chi connectivity index (χ4n) is 2.05. The van der Waals surface area contributed by atoms with E-state index in [1.807, 2.05) is 19.9 Å². The van der Waals surface area contributed by atoms with Gasteiger partial charge in [-0.15, -0.1) is 0 Å². The Balaban J connectivity index is 2.18. The van der Waals surface area contributed by atoms with Crippen LogP contribution in [0.1, 0.15) is 22.3 Å². The van der Waals surface area contributed by atoms with E-state index in [9.17, 15) is 9.67 Å². The number of phenolic OH excluding ortho intramolecular Hbond substituents is 1. The third-order valence-electron chi connectivity index (χ3n) is 3.67. The summed E-state index contributed by atoms with van der Waals surface area (Å²) >= 11 is 0. The molecule has 1 atom stereocenters. The van der Waals surface area contributed by atoms with E-state index in [0.29, 0.717) is 22.7 Å². The maximum atomic E-state index is 12.7. The molecule has 0 radical (unpaired) electrons. The topological polar surface area (TPSA) is 80.7 Å². The molecular formula is C17H21N2O4P. The first-order valence-corrected chi connectivity index (χ1v) is 8.97. The van der Waals surface area contributed by atoms with Gasteiger partial charge >= 0.3 is 7.60 Å². The Morgan fingerprint density at radius 1 is 1.21 bits per heavy atom. The molecule has 0 aliphatic carbocycles. The van der Waals surface area contributed by atoms with Gasteiger partial charge in [0, 0.05) is 12.0 Å². The number of nitrogens with zero attached hydrogens (tertiary/aromatic N) is 1. The number of nitrogens with one attached hydrogen (secondary N) is 1. The summed E-state index contributed by atoms with van der Waals surface area (Å²) in [6, 6.07) is 5.03. The van der Waals surface area contributed by atoms with Gasteiger partial charge in [0.1, 0.15) is 11.5 Å². The maximum absolute atomic E-state index is 12.7. The second-order valence-corrected chi connectivity index (χ2v) is 7.32. The molecule has 24 heavy (non-hydrogen) atoms. The van der Waals surface area contributed by atoms with E-state index < -0.39 is 7.60 Å². The van der Waals surface area contributed by atoms with E-state index in [0.717, 1.165) is 16.9 Å². The van der Waals surface area contributed by atoms with E-state index >= 15 is 0 Å². The summed E-state index contributed by atoms with van der Waals surface area (Å²) in [5.74, 6) is 2.07. The van der Waals surface area contributed by atoms with Gasteiger partial charge in [0.25, 0.3) is 0 Å². The van der Waals surface area contributed by atoms with Gasteiger partial charge in [-0.3, -0.25) is 0 Å². The Bertz CT molecular complexity index is 797.